The number of benzene rings is 3. The van der Waals surface area contributed by atoms with Crippen LogP contribution in [-0.4, -0.2) is 65.6 Å². The van der Waals surface area contributed by atoms with Gasteiger partial charge in [-0.25, -0.2) is 8.42 Å². The van der Waals surface area contributed by atoms with Crippen molar-refractivity contribution in [3.8, 4) is 17.2 Å². The summed E-state index contributed by atoms with van der Waals surface area (Å²) < 4.78 is 45.4. The third kappa shape index (κ3) is 7.73. The van der Waals surface area contributed by atoms with Crippen LogP contribution in [0.25, 0.3) is 0 Å². The average Bonchev–Trinajstić information content (AvgIpc) is 3.00. The van der Waals surface area contributed by atoms with Crippen LogP contribution >= 0.6 is 0 Å². The SMILES string of the molecule is CCCNC(=O)[C@H](C)N(Cc1cccc(OC)c1)C(=O)CN(c1cc(OC)ccc1OC)S(=O)(=O)c1ccc(C)cc1. The number of hydrogen-bond donors (Lipinski definition) is 1. The molecule has 10 nitrogen and oxygen atoms in total. The van der Waals surface area contributed by atoms with Gasteiger partial charge in [0.15, 0.2) is 0 Å². The molecule has 0 spiro atoms. The molecule has 0 aromatic heterocycles. The van der Waals surface area contributed by atoms with Crippen molar-refractivity contribution in [1.29, 1.82) is 0 Å². The third-order valence-corrected chi connectivity index (χ3v) is 8.52. The summed E-state index contributed by atoms with van der Waals surface area (Å²) in [6.45, 7) is 5.29. The van der Waals surface area contributed by atoms with Crippen molar-refractivity contribution >= 4 is 27.5 Å². The largest absolute Gasteiger partial charge is 0.497 e. The second kappa shape index (κ2) is 14.6. The van der Waals surface area contributed by atoms with Crippen LogP contribution in [0.15, 0.2) is 71.6 Å². The maximum absolute atomic E-state index is 14.1. The van der Waals surface area contributed by atoms with E-state index in [-0.39, 0.29) is 28.8 Å². The van der Waals surface area contributed by atoms with Crippen molar-refractivity contribution in [3.05, 3.63) is 77.9 Å². The molecule has 0 bridgehead atoms. The second-order valence-electron chi connectivity index (χ2n) is 9.70. The van der Waals surface area contributed by atoms with E-state index in [1.54, 1.807) is 49.4 Å². The van der Waals surface area contributed by atoms with E-state index >= 15 is 0 Å². The van der Waals surface area contributed by atoms with Gasteiger partial charge in [-0.3, -0.25) is 13.9 Å². The summed E-state index contributed by atoms with van der Waals surface area (Å²) in [5.41, 5.74) is 1.71. The molecule has 0 saturated heterocycles. The lowest BCUT2D eigenvalue weighted by Crippen LogP contribution is -2.51. The first-order chi connectivity index (χ1) is 20.0. The molecule has 0 aliphatic rings. The van der Waals surface area contributed by atoms with Gasteiger partial charge >= 0.3 is 0 Å². The Morgan fingerprint density at radius 3 is 2.19 bits per heavy atom. The average molecular weight is 598 g/mol. The summed E-state index contributed by atoms with van der Waals surface area (Å²) in [7, 11) is 0.145. The van der Waals surface area contributed by atoms with E-state index in [0.717, 1.165) is 16.3 Å². The Morgan fingerprint density at radius 1 is 0.905 bits per heavy atom. The van der Waals surface area contributed by atoms with Crippen molar-refractivity contribution < 1.29 is 32.2 Å². The molecular weight excluding hydrogens is 558 g/mol. The molecule has 1 N–H and O–H groups in total. The van der Waals surface area contributed by atoms with Crippen LogP contribution in [0, 0.1) is 6.92 Å². The lowest BCUT2D eigenvalue weighted by atomic mass is 10.1. The highest BCUT2D eigenvalue weighted by Crippen LogP contribution is 2.36. The predicted molar refractivity (Wildman–Crippen MR) is 162 cm³/mol. The van der Waals surface area contributed by atoms with Gasteiger partial charge in [0, 0.05) is 19.2 Å². The van der Waals surface area contributed by atoms with Crippen LogP contribution < -0.4 is 23.8 Å². The molecular formula is C31H39N3O7S. The first kappa shape index (κ1) is 32.3. The third-order valence-electron chi connectivity index (χ3n) is 6.75. The normalized spacial score (nSPS) is 11.8. The summed E-state index contributed by atoms with van der Waals surface area (Å²) in [5.74, 6) is 0.264. The molecule has 0 aliphatic heterocycles. The van der Waals surface area contributed by atoms with Crippen molar-refractivity contribution in [3.63, 3.8) is 0 Å². The number of nitrogens with one attached hydrogen (secondary N) is 1. The number of ether oxygens (including phenoxy) is 3. The number of hydrogen-bond acceptors (Lipinski definition) is 7. The number of amides is 2. The molecule has 11 heteroatoms. The van der Waals surface area contributed by atoms with E-state index in [1.807, 2.05) is 19.9 Å². The molecule has 0 aliphatic carbocycles. The number of rotatable bonds is 14. The summed E-state index contributed by atoms with van der Waals surface area (Å²) in [6.07, 6.45) is 0.723. The number of aryl methyl sites for hydroxylation is 1. The zero-order chi connectivity index (χ0) is 30.9. The fraction of sp³-hybridized carbons (Fsp3) is 0.355. The first-order valence-corrected chi connectivity index (χ1v) is 15.0. The summed E-state index contributed by atoms with van der Waals surface area (Å²) in [6, 6.07) is 17.3. The van der Waals surface area contributed by atoms with E-state index in [4.69, 9.17) is 14.2 Å². The fourth-order valence-corrected chi connectivity index (χ4v) is 5.71. The molecule has 0 fully saturated rings. The topological polar surface area (TPSA) is 114 Å². The standard InChI is InChI=1S/C31H39N3O7S/c1-7-17-32-31(36)23(3)33(20-24-9-8-10-25(18-24)39-4)30(35)21-34(28-19-26(40-5)13-16-29(28)41-6)42(37,38)27-14-11-22(2)12-15-27/h8-16,18-19,23H,7,17,20-21H2,1-6H3,(H,32,36)/t23-/m0/s1. The quantitative estimate of drug-likeness (QED) is 0.297. The molecule has 0 heterocycles. The van der Waals surface area contributed by atoms with Gasteiger partial charge in [0.25, 0.3) is 10.0 Å². The summed E-state index contributed by atoms with van der Waals surface area (Å²) in [4.78, 5) is 28.5. The van der Waals surface area contributed by atoms with Gasteiger partial charge in [-0.15, -0.1) is 0 Å². The van der Waals surface area contributed by atoms with Gasteiger partial charge in [-0.2, -0.15) is 0 Å². The van der Waals surface area contributed by atoms with Crippen LogP contribution in [0.5, 0.6) is 17.2 Å². The molecule has 42 heavy (non-hydrogen) atoms. The zero-order valence-corrected chi connectivity index (χ0v) is 25.7. The molecule has 3 aromatic carbocycles. The van der Waals surface area contributed by atoms with Crippen LogP contribution in [-0.2, 0) is 26.2 Å². The molecule has 3 rings (SSSR count). The van der Waals surface area contributed by atoms with E-state index in [2.05, 4.69) is 5.32 Å². The van der Waals surface area contributed by atoms with E-state index in [9.17, 15) is 18.0 Å². The second-order valence-corrected chi connectivity index (χ2v) is 11.6. The number of sulfonamides is 1. The van der Waals surface area contributed by atoms with Crippen molar-refractivity contribution in [2.24, 2.45) is 0 Å². The van der Waals surface area contributed by atoms with E-state index in [1.165, 1.54) is 44.4 Å². The number of methoxy groups -OCH3 is 3. The Hall–Kier alpha value is -4.25. The Balaban J connectivity index is 2.12. The molecule has 1 atom stereocenters. The zero-order valence-electron chi connectivity index (χ0n) is 24.9. The minimum Gasteiger partial charge on any atom is -0.497 e. The molecule has 2 amide bonds. The Labute approximate surface area is 248 Å². The lowest BCUT2D eigenvalue weighted by Gasteiger charge is -2.32. The van der Waals surface area contributed by atoms with Gasteiger partial charge in [0.05, 0.1) is 31.9 Å². The monoisotopic (exact) mass is 597 g/mol. The van der Waals surface area contributed by atoms with Crippen LogP contribution in [0.3, 0.4) is 0 Å². The lowest BCUT2D eigenvalue weighted by molar-refractivity contribution is -0.139. The molecule has 3 aromatic rings. The molecule has 0 radical (unpaired) electrons. The van der Waals surface area contributed by atoms with Crippen LogP contribution in [0.2, 0.25) is 0 Å². The highest BCUT2D eigenvalue weighted by molar-refractivity contribution is 7.92. The number of nitrogens with zero attached hydrogens (tertiary/aromatic N) is 2. The van der Waals surface area contributed by atoms with E-state index in [0.29, 0.717) is 23.6 Å². The van der Waals surface area contributed by atoms with Crippen molar-refractivity contribution in [2.75, 3.05) is 38.7 Å². The Kier molecular flexibility index (Phi) is 11.2. The van der Waals surface area contributed by atoms with Gasteiger partial charge in [-0.1, -0.05) is 36.8 Å². The summed E-state index contributed by atoms with van der Waals surface area (Å²) in [5, 5.41) is 2.83. The number of carbonyl (C=O) groups is 2. The van der Waals surface area contributed by atoms with Crippen LogP contribution in [0.1, 0.15) is 31.4 Å². The smallest absolute Gasteiger partial charge is 0.264 e. The molecule has 0 unspecified atom stereocenters. The highest BCUT2D eigenvalue weighted by atomic mass is 32.2. The first-order valence-electron chi connectivity index (χ1n) is 13.6. The predicted octanol–water partition coefficient (Wildman–Crippen LogP) is 4.16. The van der Waals surface area contributed by atoms with Gasteiger partial charge in [-0.05, 0) is 62.2 Å². The van der Waals surface area contributed by atoms with Crippen molar-refractivity contribution in [1.82, 2.24) is 10.2 Å². The molecule has 0 saturated carbocycles. The highest BCUT2D eigenvalue weighted by Gasteiger charge is 2.34. The minimum atomic E-state index is -4.27. The van der Waals surface area contributed by atoms with E-state index < -0.39 is 28.5 Å². The van der Waals surface area contributed by atoms with Crippen LogP contribution in [0.4, 0.5) is 5.69 Å². The summed E-state index contributed by atoms with van der Waals surface area (Å²) >= 11 is 0. The number of anilines is 1. The molecule has 226 valence electrons. The fourth-order valence-electron chi connectivity index (χ4n) is 4.29. The Morgan fingerprint density at radius 2 is 1.57 bits per heavy atom. The van der Waals surface area contributed by atoms with Gasteiger partial charge in [0.2, 0.25) is 11.8 Å². The minimum absolute atomic E-state index is 0.00106. The Bertz CT molecular complexity index is 1480. The van der Waals surface area contributed by atoms with Gasteiger partial charge in [0.1, 0.15) is 29.8 Å². The maximum atomic E-state index is 14.1. The van der Waals surface area contributed by atoms with Gasteiger partial charge < -0.3 is 24.4 Å². The maximum Gasteiger partial charge on any atom is 0.264 e. The number of carbonyl (C=O) groups excluding carboxylic acids is 2. The van der Waals surface area contributed by atoms with Crippen molar-refractivity contribution in [2.45, 2.75) is 44.7 Å².